The average Bonchev–Trinajstić information content (AvgIpc) is 2.65. The van der Waals surface area contributed by atoms with Gasteiger partial charge in [-0.15, -0.1) is 0 Å². The molecule has 0 atom stereocenters. The van der Waals surface area contributed by atoms with E-state index in [-0.39, 0.29) is 0 Å². The number of halogens is 1. The number of para-hydroxylation sites is 1. The van der Waals surface area contributed by atoms with E-state index >= 15 is 0 Å². The number of piperazine rings is 1. The molecule has 0 aliphatic carbocycles. The molecular formula is C21H25BrN4. The molecule has 0 radical (unpaired) electrons. The van der Waals surface area contributed by atoms with Gasteiger partial charge in [-0.2, -0.15) is 0 Å². The number of rotatable bonds is 2. The summed E-state index contributed by atoms with van der Waals surface area (Å²) in [6.07, 6.45) is 0.973. The van der Waals surface area contributed by atoms with Crippen molar-refractivity contribution >= 4 is 33.1 Å². The molecule has 4 nitrogen and oxygen atoms in total. The minimum Gasteiger partial charge on any atom is -0.304 e. The molecule has 0 N–H and O–H groups in total. The number of likely N-dealkylation sites (N-methyl/N-ethyl adjacent to an activating group) is 1. The Morgan fingerprint density at radius 1 is 1.00 bits per heavy atom. The molecule has 2 heterocycles. The fourth-order valence-corrected chi connectivity index (χ4v) is 4.07. The van der Waals surface area contributed by atoms with Crippen LogP contribution in [-0.4, -0.2) is 55.5 Å². The van der Waals surface area contributed by atoms with Gasteiger partial charge in [0, 0.05) is 37.1 Å². The summed E-state index contributed by atoms with van der Waals surface area (Å²) in [4.78, 5) is 12.1. The van der Waals surface area contributed by atoms with Crippen LogP contribution in [0.3, 0.4) is 0 Å². The van der Waals surface area contributed by atoms with E-state index in [4.69, 9.17) is 4.99 Å². The molecule has 2 aromatic carbocycles. The molecule has 2 aromatic rings. The first kappa shape index (κ1) is 17.7. The Kier molecular flexibility index (Phi) is 5.11. The third-order valence-electron chi connectivity index (χ3n) is 5.32. The van der Waals surface area contributed by atoms with Crippen molar-refractivity contribution in [3.63, 3.8) is 0 Å². The summed E-state index contributed by atoms with van der Waals surface area (Å²) in [5.74, 6) is 1.05. The second kappa shape index (κ2) is 7.51. The van der Waals surface area contributed by atoms with Crippen molar-refractivity contribution in [2.45, 2.75) is 13.3 Å². The van der Waals surface area contributed by atoms with Crippen molar-refractivity contribution in [1.82, 2.24) is 9.80 Å². The number of aliphatic imine (C=N–C) groups is 1. The van der Waals surface area contributed by atoms with E-state index in [0.29, 0.717) is 0 Å². The Hall–Kier alpha value is -1.69. The molecule has 26 heavy (non-hydrogen) atoms. The monoisotopic (exact) mass is 412 g/mol. The van der Waals surface area contributed by atoms with Gasteiger partial charge in [0.1, 0.15) is 5.84 Å². The van der Waals surface area contributed by atoms with E-state index in [9.17, 15) is 0 Å². The van der Waals surface area contributed by atoms with Crippen LogP contribution in [0.4, 0.5) is 11.4 Å². The second-order valence-electron chi connectivity index (χ2n) is 7.18. The first-order chi connectivity index (χ1) is 12.6. The highest BCUT2D eigenvalue weighted by atomic mass is 79.9. The summed E-state index contributed by atoms with van der Waals surface area (Å²) in [7, 11) is 2.19. The van der Waals surface area contributed by atoms with Crippen molar-refractivity contribution in [3.8, 4) is 0 Å². The van der Waals surface area contributed by atoms with Crippen molar-refractivity contribution in [2.75, 3.05) is 44.8 Å². The molecule has 0 unspecified atom stereocenters. The lowest BCUT2D eigenvalue weighted by molar-refractivity contribution is 0.158. The van der Waals surface area contributed by atoms with Gasteiger partial charge in [-0.1, -0.05) is 40.2 Å². The zero-order chi connectivity index (χ0) is 18.1. The minimum absolute atomic E-state index is 0.766. The van der Waals surface area contributed by atoms with E-state index < -0.39 is 0 Å². The molecule has 2 aliphatic rings. The molecule has 2 aliphatic heterocycles. The van der Waals surface area contributed by atoms with Gasteiger partial charge < -0.3 is 4.90 Å². The van der Waals surface area contributed by atoms with Gasteiger partial charge in [0.2, 0.25) is 0 Å². The fraction of sp³-hybridized carbons (Fsp3) is 0.381. The number of nitrogens with zero attached hydrogens (tertiary/aromatic N) is 4. The summed E-state index contributed by atoms with van der Waals surface area (Å²) in [6.45, 7) is 7.32. The van der Waals surface area contributed by atoms with Crippen LogP contribution in [0.1, 0.15) is 18.1 Å². The molecule has 0 amide bonds. The summed E-state index contributed by atoms with van der Waals surface area (Å²) < 4.78 is 1.10. The minimum atomic E-state index is 0.766. The van der Waals surface area contributed by atoms with E-state index in [0.717, 1.165) is 49.6 Å². The molecule has 1 fully saturated rings. The van der Waals surface area contributed by atoms with E-state index in [1.54, 1.807) is 0 Å². The van der Waals surface area contributed by atoms with Gasteiger partial charge in [0.15, 0.2) is 0 Å². The molecule has 1 saturated heterocycles. The third kappa shape index (κ3) is 3.56. The Labute approximate surface area is 164 Å². The standard InChI is InChI=1S/C21H25BrN4/c1-16(23-15-25-11-9-24(2)10-12-25)26-20-6-4-3-5-17(20)13-18-7-8-19(22)14-21(18)26/h3-8,14H,9-13,15H2,1-2H3/b23-16+. The van der Waals surface area contributed by atoms with Gasteiger partial charge >= 0.3 is 0 Å². The summed E-state index contributed by atoms with van der Waals surface area (Å²) in [6, 6.07) is 15.2. The zero-order valence-electron chi connectivity index (χ0n) is 15.5. The predicted molar refractivity (Wildman–Crippen MR) is 113 cm³/mol. The predicted octanol–water partition coefficient (Wildman–Crippen LogP) is 4.11. The summed E-state index contributed by atoms with van der Waals surface area (Å²) in [5, 5.41) is 0. The van der Waals surface area contributed by atoms with Crippen molar-refractivity contribution in [1.29, 1.82) is 0 Å². The van der Waals surface area contributed by atoms with Crippen LogP contribution in [0.25, 0.3) is 0 Å². The highest BCUT2D eigenvalue weighted by Crippen LogP contribution is 2.40. The molecule has 0 bridgehead atoms. The average molecular weight is 413 g/mol. The first-order valence-corrected chi connectivity index (χ1v) is 9.99. The van der Waals surface area contributed by atoms with Gasteiger partial charge in [0.25, 0.3) is 0 Å². The molecule has 136 valence electrons. The largest absolute Gasteiger partial charge is 0.304 e. The Morgan fingerprint density at radius 2 is 1.73 bits per heavy atom. The third-order valence-corrected chi connectivity index (χ3v) is 5.81. The van der Waals surface area contributed by atoms with Crippen LogP contribution < -0.4 is 4.90 Å². The van der Waals surface area contributed by atoms with E-state index in [1.165, 1.54) is 22.5 Å². The van der Waals surface area contributed by atoms with Gasteiger partial charge in [-0.3, -0.25) is 14.8 Å². The molecule has 0 aromatic heterocycles. The topological polar surface area (TPSA) is 22.1 Å². The highest BCUT2D eigenvalue weighted by Gasteiger charge is 2.24. The number of anilines is 2. The Morgan fingerprint density at radius 3 is 2.54 bits per heavy atom. The van der Waals surface area contributed by atoms with Crippen LogP contribution >= 0.6 is 15.9 Å². The molecule has 5 heteroatoms. The highest BCUT2D eigenvalue weighted by molar-refractivity contribution is 9.10. The SMILES string of the molecule is C/C(=N\CN1CCN(C)CC1)N1c2ccccc2Cc2ccc(Br)cc21. The van der Waals surface area contributed by atoms with E-state index in [1.807, 2.05) is 0 Å². The maximum absolute atomic E-state index is 4.96. The van der Waals surface area contributed by atoms with E-state index in [2.05, 4.69) is 87.1 Å². The van der Waals surface area contributed by atoms with Crippen molar-refractivity contribution in [2.24, 2.45) is 4.99 Å². The number of hydrogen-bond donors (Lipinski definition) is 0. The van der Waals surface area contributed by atoms with Crippen LogP contribution in [0.5, 0.6) is 0 Å². The lowest BCUT2D eigenvalue weighted by Crippen LogP contribution is -2.44. The number of fused-ring (bicyclic) bond motifs is 2. The van der Waals surface area contributed by atoms with Gasteiger partial charge in [0.05, 0.1) is 18.0 Å². The van der Waals surface area contributed by atoms with Crippen LogP contribution in [0.15, 0.2) is 51.9 Å². The maximum Gasteiger partial charge on any atom is 0.106 e. The second-order valence-corrected chi connectivity index (χ2v) is 8.10. The molecular weight excluding hydrogens is 388 g/mol. The quantitative estimate of drug-likeness (QED) is 0.547. The number of hydrogen-bond acceptors (Lipinski definition) is 3. The fourth-order valence-electron chi connectivity index (χ4n) is 3.72. The Balaban J connectivity index is 1.64. The molecule has 0 saturated carbocycles. The first-order valence-electron chi connectivity index (χ1n) is 9.20. The Bertz CT molecular complexity index is 825. The molecule has 0 spiro atoms. The molecule has 4 rings (SSSR count). The van der Waals surface area contributed by atoms with Gasteiger partial charge in [-0.25, -0.2) is 0 Å². The summed E-state index contributed by atoms with van der Waals surface area (Å²) in [5.41, 5.74) is 5.19. The van der Waals surface area contributed by atoms with Crippen LogP contribution in [0, 0.1) is 0 Å². The van der Waals surface area contributed by atoms with Crippen LogP contribution in [0.2, 0.25) is 0 Å². The van der Waals surface area contributed by atoms with Gasteiger partial charge in [-0.05, 0) is 43.3 Å². The van der Waals surface area contributed by atoms with Crippen molar-refractivity contribution in [3.05, 3.63) is 58.1 Å². The normalized spacial score (nSPS) is 18.6. The number of amidine groups is 1. The maximum atomic E-state index is 4.96. The smallest absolute Gasteiger partial charge is 0.106 e. The lowest BCUT2D eigenvalue weighted by Gasteiger charge is -2.34. The lowest BCUT2D eigenvalue weighted by atomic mass is 9.95. The van der Waals surface area contributed by atoms with Crippen molar-refractivity contribution < 1.29 is 0 Å². The van der Waals surface area contributed by atoms with Crippen LogP contribution in [-0.2, 0) is 6.42 Å². The zero-order valence-corrected chi connectivity index (χ0v) is 17.0. The summed E-state index contributed by atoms with van der Waals surface area (Å²) >= 11 is 3.63. The number of benzene rings is 2.